The summed E-state index contributed by atoms with van der Waals surface area (Å²) in [5.74, 6) is -0.189. The van der Waals surface area contributed by atoms with E-state index in [0.29, 0.717) is 24.7 Å². The van der Waals surface area contributed by atoms with Gasteiger partial charge in [-0.05, 0) is 6.92 Å². The second-order valence-corrected chi connectivity index (χ2v) is 7.87. The maximum absolute atomic E-state index is 13.1. The number of anilines is 1. The van der Waals surface area contributed by atoms with Crippen LogP contribution in [0.4, 0.5) is 5.82 Å². The molecule has 5 rings (SSSR count). The molecule has 1 spiro atoms. The molecule has 28 heavy (non-hydrogen) atoms. The lowest BCUT2D eigenvalue weighted by atomic mass is 9.77. The molecule has 1 N–H and O–H groups in total. The zero-order valence-corrected chi connectivity index (χ0v) is 15.8. The van der Waals surface area contributed by atoms with Crippen LogP contribution < -0.4 is 10.2 Å². The van der Waals surface area contributed by atoms with Gasteiger partial charge in [0, 0.05) is 32.2 Å². The number of aromatic nitrogens is 1. The number of ether oxygens (including phenoxy) is 2. The summed E-state index contributed by atoms with van der Waals surface area (Å²) in [5, 5.41) is 6.97. The van der Waals surface area contributed by atoms with Gasteiger partial charge in [0.05, 0.1) is 37.7 Å². The first kappa shape index (κ1) is 17.8. The zero-order chi connectivity index (χ0) is 19.3. The fourth-order valence-electron chi connectivity index (χ4n) is 4.75. The van der Waals surface area contributed by atoms with Gasteiger partial charge in [0.25, 0.3) is 0 Å². The van der Waals surface area contributed by atoms with Gasteiger partial charge in [-0.1, -0.05) is 17.3 Å². The third-order valence-corrected chi connectivity index (χ3v) is 6.13. The van der Waals surface area contributed by atoms with Crippen LogP contribution in [0.2, 0.25) is 0 Å². The normalized spacial score (nSPS) is 34.2. The number of nitrogens with zero attached hydrogens (tertiary/aromatic N) is 3. The van der Waals surface area contributed by atoms with Crippen molar-refractivity contribution in [1.82, 2.24) is 15.4 Å². The van der Waals surface area contributed by atoms with Gasteiger partial charge in [-0.25, -0.2) is 0 Å². The first-order chi connectivity index (χ1) is 13.6. The first-order valence-electron chi connectivity index (χ1n) is 9.77. The summed E-state index contributed by atoms with van der Waals surface area (Å²) in [6.07, 6.45) is 3.50. The molecular formula is C19H24N4O5. The summed E-state index contributed by atoms with van der Waals surface area (Å²) in [6, 6.07) is 1.73. The van der Waals surface area contributed by atoms with E-state index in [0.717, 1.165) is 32.8 Å². The Bertz CT molecular complexity index is 817. The van der Waals surface area contributed by atoms with E-state index < -0.39 is 17.4 Å². The van der Waals surface area contributed by atoms with E-state index in [1.54, 1.807) is 17.9 Å². The van der Waals surface area contributed by atoms with Gasteiger partial charge in [0.1, 0.15) is 11.4 Å². The molecule has 0 aliphatic carbocycles. The van der Waals surface area contributed by atoms with Gasteiger partial charge >= 0.3 is 0 Å². The molecule has 2 amide bonds. The number of carbonyl (C=O) groups excluding carboxylic acids is 2. The minimum Gasteiger partial charge on any atom is -0.379 e. The minimum absolute atomic E-state index is 0.124. The van der Waals surface area contributed by atoms with Crippen LogP contribution in [0, 0.1) is 18.8 Å². The monoisotopic (exact) mass is 388 g/mol. The van der Waals surface area contributed by atoms with Gasteiger partial charge in [-0.3, -0.25) is 19.4 Å². The SMILES string of the molecule is Cc1cc(N2C[C@]34C=C[C@@H](O3)[C@H](C(=O)NCCN3CCOCC3)[C@H]4C2=O)no1. The maximum atomic E-state index is 13.1. The lowest BCUT2D eigenvalue weighted by Gasteiger charge is -2.27. The molecule has 9 nitrogen and oxygen atoms in total. The highest BCUT2D eigenvalue weighted by molar-refractivity contribution is 6.02. The van der Waals surface area contributed by atoms with Crippen molar-refractivity contribution in [2.45, 2.75) is 18.6 Å². The molecule has 0 saturated carbocycles. The van der Waals surface area contributed by atoms with Crippen molar-refractivity contribution in [3.8, 4) is 0 Å². The molecule has 9 heteroatoms. The zero-order valence-electron chi connectivity index (χ0n) is 15.8. The van der Waals surface area contributed by atoms with E-state index in [1.165, 1.54) is 0 Å². The van der Waals surface area contributed by atoms with E-state index in [4.69, 9.17) is 14.0 Å². The van der Waals surface area contributed by atoms with Gasteiger partial charge in [0.2, 0.25) is 11.8 Å². The standard InChI is InChI=1S/C19H24N4O5/c1-12-10-14(21-28-12)23-11-19-3-2-13(27-19)15(16(19)18(23)25)17(24)20-4-5-22-6-8-26-9-7-22/h2-3,10,13,15-16H,4-9,11H2,1H3,(H,20,24)/t13-,15+,16+,19+/m1/s1. The van der Waals surface area contributed by atoms with Crippen LogP contribution in [0.3, 0.4) is 0 Å². The molecule has 1 aromatic rings. The van der Waals surface area contributed by atoms with Gasteiger partial charge in [-0.2, -0.15) is 0 Å². The van der Waals surface area contributed by atoms with Crippen LogP contribution in [0.25, 0.3) is 0 Å². The van der Waals surface area contributed by atoms with E-state index >= 15 is 0 Å². The predicted octanol–water partition coefficient (Wildman–Crippen LogP) is -0.282. The Morgan fingerprint density at radius 3 is 2.96 bits per heavy atom. The van der Waals surface area contributed by atoms with Crippen molar-refractivity contribution < 1.29 is 23.6 Å². The van der Waals surface area contributed by atoms with E-state index in [2.05, 4.69) is 15.4 Å². The van der Waals surface area contributed by atoms with Gasteiger partial charge in [0.15, 0.2) is 5.82 Å². The van der Waals surface area contributed by atoms with Crippen LogP contribution >= 0.6 is 0 Å². The summed E-state index contributed by atoms with van der Waals surface area (Å²) in [7, 11) is 0. The van der Waals surface area contributed by atoms with Crippen LogP contribution in [-0.4, -0.2) is 79.5 Å². The molecule has 4 atom stereocenters. The van der Waals surface area contributed by atoms with Gasteiger partial charge < -0.3 is 19.3 Å². The number of hydrogen-bond acceptors (Lipinski definition) is 7. The van der Waals surface area contributed by atoms with Crippen molar-refractivity contribution >= 4 is 17.6 Å². The minimum atomic E-state index is -0.749. The average Bonchev–Trinajstić information content (AvgIpc) is 3.44. The number of rotatable bonds is 5. The predicted molar refractivity (Wildman–Crippen MR) is 97.6 cm³/mol. The molecule has 5 heterocycles. The summed E-state index contributed by atoms with van der Waals surface area (Å²) in [4.78, 5) is 29.9. The molecule has 0 aromatic carbocycles. The highest BCUT2D eigenvalue weighted by Gasteiger charge is 2.67. The van der Waals surface area contributed by atoms with Crippen LogP contribution in [0.15, 0.2) is 22.7 Å². The molecule has 2 bridgehead atoms. The summed E-state index contributed by atoms with van der Waals surface area (Å²) in [6.45, 7) is 6.68. The molecule has 3 saturated heterocycles. The highest BCUT2D eigenvalue weighted by Crippen LogP contribution is 2.52. The molecule has 3 fully saturated rings. The smallest absolute Gasteiger partial charge is 0.235 e. The summed E-state index contributed by atoms with van der Waals surface area (Å²) in [5.41, 5.74) is -0.749. The van der Waals surface area contributed by atoms with Crippen molar-refractivity contribution in [3.05, 3.63) is 24.0 Å². The second-order valence-electron chi connectivity index (χ2n) is 7.87. The molecule has 4 aliphatic heterocycles. The third kappa shape index (κ3) is 2.76. The molecule has 1 aromatic heterocycles. The average molecular weight is 388 g/mol. The molecule has 0 radical (unpaired) electrons. The first-order valence-corrected chi connectivity index (χ1v) is 9.77. The largest absolute Gasteiger partial charge is 0.379 e. The number of carbonyl (C=O) groups is 2. The number of morpholine rings is 1. The van der Waals surface area contributed by atoms with Crippen molar-refractivity contribution in [3.63, 3.8) is 0 Å². The number of aryl methyl sites for hydroxylation is 1. The quantitative estimate of drug-likeness (QED) is 0.693. The lowest BCUT2D eigenvalue weighted by Crippen LogP contribution is -2.46. The van der Waals surface area contributed by atoms with Crippen molar-refractivity contribution in [1.29, 1.82) is 0 Å². The summed E-state index contributed by atoms with van der Waals surface area (Å²) >= 11 is 0. The Morgan fingerprint density at radius 1 is 1.39 bits per heavy atom. The molecular weight excluding hydrogens is 364 g/mol. The second kappa shape index (κ2) is 6.68. The number of nitrogens with one attached hydrogen (secondary N) is 1. The van der Waals surface area contributed by atoms with E-state index in [-0.39, 0.29) is 17.9 Å². The number of fused-ring (bicyclic) bond motifs is 1. The molecule has 4 aliphatic rings. The Balaban J connectivity index is 1.27. The number of hydrogen-bond donors (Lipinski definition) is 1. The summed E-state index contributed by atoms with van der Waals surface area (Å²) < 4.78 is 16.6. The van der Waals surface area contributed by atoms with E-state index in [1.807, 2.05) is 12.2 Å². The van der Waals surface area contributed by atoms with Crippen LogP contribution in [0.1, 0.15) is 5.76 Å². The van der Waals surface area contributed by atoms with Gasteiger partial charge in [-0.15, -0.1) is 0 Å². The van der Waals surface area contributed by atoms with Crippen LogP contribution in [0.5, 0.6) is 0 Å². The Kier molecular flexibility index (Phi) is 4.26. The van der Waals surface area contributed by atoms with E-state index in [9.17, 15) is 9.59 Å². The molecule has 150 valence electrons. The Labute approximate surface area is 162 Å². The fourth-order valence-corrected chi connectivity index (χ4v) is 4.75. The number of amides is 2. The van der Waals surface area contributed by atoms with Crippen molar-refractivity contribution in [2.75, 3.05) is 50.8 Å². The van der Waals surface area contributed by atoms with Crippen molar-refractivity contribution in [2.24, 2.45) is 11.8 Å². The fraction of sp³-hybridized carbons (Fsp3) is 0.632. The maximum Gasteiger partial charge on any atom is 0.235 e. The Hall–Kier alpha value is -2.23. The topological polar surface area (TPSA) is 97.1 Å². The highest BCUT2D eigenvalue weighted by atomic mass is 16.5. The lowest BCUT2D eigenvalue weighted by molar-refractivity contribution is -0.132. The Morgan fingerprint density at radius 2 is 2.21 bits per heavy atom. The van der Waals surface area contributed by atoms with Crippen LogP contribution in [-0.2, 0) is 19.1 Å². The third-order valence-electron chi connectivity index (χ3n) is 6.13. The molecule has 0 unspecified atom stereocenters.